The highest BCUT2D eigenvalue weighted by molar-refractivity contribution is 9.10. The van der Waals surface area contributed by atoms with Gasteiger partial charge in [-0.25, -0.2) is 0 Å². The Hall–Kier alpha value is -2.41. The van der Waals surface area contributed by atoms with Crippen molar-refractivity contribution in [2.24, 2.45) is 0 Å². The van der Waals surface area contributed by atoms with Crippen molar-refractivity contribution in [1.82, 2.24) is 5.32 Å². The lowest BCUT2D eigenvalue weighted by Gasteiger charge is -2.07. The Balaban J connectivity index is 1.79. The number of halogens is 1. The molecule has 7 heteroatoms. The van der Waals surface area contributed by atoms with Crippen LogP contribution in [0.2, 0.25) is 0 Å². The van der Waals surface area contributed by atoms with E-state index >= 15 is 0 Å². The van der Waals surface area contributed by atoms with Gasteiger partial charge in [0, 0.05) is 23.2 Å². The number of benzene rings is 2. The average Bonchev–Trinajstić information content (AvgIpc) is 2.51. The van der Waals surface area contributed by atoms with E-state index in [1.165, 1.54) is 24.3 Å². The van der Waals surface area contributed by atoms with Crippen LogP contribution < -0.4 is 10.1 Å². The first-order valence-electron chi connectivity index (χ1n) is 6.43. The molecule has 6 nitrogen and oxygen atoms in total. The summed E-state index contributed by atoms with van der Waals surface area (Å²) in [6, 6.07) is 13.2. The number of nitro benzene ring substituents is 1. The third-order valence-corrected chi connectivity index (χ3v) is 3.29. The number of nitrogens with one attached hydrogen (secondary N) is 1. The van der Waals surface area contributed by atoms with Crippen LogP contribution in [0.5, 0.6) is 5.75 Å². The summed E-state index contributed by atoms with van der Waals surface area (Å²) in [7, 11) is 0. The first kappa shape index (κ1) is 16.0. The number of amides is 1. The highest BCUT2D eigenvalue weighted by atomic mass is 79.9. The fraction of sp³-hybridized carbons (Fsp3) is 0.133. The maximum Gasteiger partial charge on any atom is 0.269 e. The van der Waals surface area contributed by atoms with Gasteiger partial charge in [-0.15, -0.1) is 0 Å². The second-order valence-electron chi connectivity index (χ2n) is 4.45. The quantitative estimate of drug-likeness (QED) is 0.630. The molecule has 0 saturated carbocycles. The standard InChI is InChI=1S/C15H13BrN2O4/c16-12-3-1-2-11(8-12)9-17-15(19)10-22-14-6-4-13(5-7-14)18(20)21/h1-8H,9-10H2,(H,17,19). The van der Waals surface area contributed by atoms with Gasteiger partial charge in [-0.2, -0.15) is 0 Å². The molecule has 0 saturated heterocycles. The molecule has 0 bridgehead atoms. The minimum Gasteiger partial charge on any atom is -0.484 e. The van der Waals surface area contributed by atoms with Crippen LogP contribution in [0, 0.1) is 10.1 Å². The van der Waals surface area contributed by atoms with Crippen molar-refractivity contribution in [2.45, 2.75) is 6.54 Å². The summed E-state index contributed by atoms with van der Waals surface area (Å²) in [6.07, 6.45) is 0. The molecule has 0 spiro atoms. The van der Waals surface area contributed by atoms with Gasteiger partial charge in [-0.1, -0.05) is 28.1 Å². The highest BCUT2D eigenvalue weighted by Gasteiger charge is 2.06. The topological polar surface area (TPSA) is 81.5 Å². The first-order valence-corrected chi connectivity index (χ1v) is 7.22. The molecule has 22 heavy (non-hydrogen) atoms. The molecule has 0 unspecified atom stereocenters. The third-order valence-electron chi connectivity index (χ3n) is 2.80. The maximum absolute atomic E-state index is 11.7. The van der Waals surface area contributed by atoms with Gasteiger partial charge in [0.2, 0.25) is 0 Å². The van der Waals surface area contributed by atoms with Gasteiger partial charge in [0.05, 0.1) is 4.92 Å². The molecule has 2 rings (SSSR count). The van der Waals surface area contributed by atoms with Gasteiger partial charge in [0.25, 0.3) is 11.6 Å². The van der Waals surface area contributed by atoms with Crippen molar-refractivity contribution in [3.8, 4) is 5.75 Å². The Morgan fingerprint density at radius 1 is 1.23 bits per heavy atom. The molecule has 0 aliphatic rings. The van der Waals surface area contributed by atoms with Gasteiger partial charge in [0.1, 0.15) is 5.75 Å². The van der Waals surface area contributed by atoms with E-state index in [2.05, 4.69) is 21.2 Å². The van der Waals surface area contributed by atoms with E-state index in [-0.39, 0.29) is 18.2 Å². The van der Waals surface area contributed by atoms with Crippen molar-refractivity contribution < 1.29 is 14.5 Å². The molecule has 2 aromatic rings. The summed E-state index contributed by atoms with van der Waals surface area (Å²) >= 11 is 3.36. The van der Waals surface area contributed by atoms with Crippen molar-refractivity contribution in [3.05, 3.63) is 68.7 Å². The maximum atomic E-state index is 11.7. The van der Waals surface area contributed by atoms with Gasteiger partial charge in [0.15, 0.2) is 6.61 Å². The van der Waals surface area contributed by atoms with Crippen LogP contribution >= 0.6 is 15.9 Å². The SMILES string of the molecule is O=C(COc1ccc([N+](=O)[O-])cc1)NCc1cccc(Br)c1. The molecule has 0 radical (unpaired) electrons. The van der Waals surface area contributed by atoms with E-state index in [9.17, 15) is 14.9 Å². The zero-order chi connectivity index (χ0) is 15.9. The Morgan fingerprint density at radius 3 is 2.59 bits per heavy atom. The predicted molar refractivity (Wildman–Crippen MR) is 84.6 cm³/mol. The van der Waals surface area contributed by atoms with E-state index in [1.807, 2.05) is 24.3 Å². The second-order valence-corrected chi connectivity index (χ2v) is 5.36. The zero-order valence-corrected chi connectivity index (χ0v) is 13.1. The summed E-state index contributed by atoms with van der Waals surface area (Å²) in [4.78, 5) is 21.7. The second kappa shape index (κ2) is 7.56. The smallest absolute Gasteiger partial charge is 0.269 e. The molecule has 0 heterocycles. The average molecular weight is 365 g/mol. The van der Waals surface area contributed by atoms with Crippen molar-refractivity contribution in [1.29, 1.82) is 0 Å². The van der Waals surface area contributed by atoms with Crippen LogP contribution in [0.1, 0.15) is 5.56 Å². The predicted octanol–water partition coefficient (Wildman–Crippen LogP) is 3.05. The van der Waals surface area contributed by atoms with Gasteiger partial charge in [-0.05, 0) is 29.8 Å². The van der Waals surface area contributed by atoms with E-state index < -0.39 is 4.92 Å². The molecule has 0 aliphatic heterocycles. The number of rotatable bonds is 6. The minimum atomic E-state index is -0.492. The Morgan fingerprint density at radius 2 is 1.95 bits per heavy atom. The third kappa shape index (κ3) is 4.85. The van der Waals surface area contributed by atoms with Gasteiger partial charge >= 0.3 is 0 Å². The molecule has 1 N–H and O–H groups in total. The van der Waals surface area contributed by atoms with Crippen LogP contribution in [-0.2, 0) is 11.3 Å². The minimum absolute atomic E-state index is 0.0218. The van der Waals surface area contributed by atoms with Crippen molar-refractivity contribution >= 4 is 27.5 Å². The number of carbonyl (C=O) groups is 1. The lowest BCUT2D eigenvalue weighted by atomic mass is 10.2. The number of ether oxygens (including phenoxy) is 1. The van der Waals surface area contributed by atoms with Crippen LogP contribution in [0.3, 0.4) is 0 Å². The Kier molecular flexibility index (Phi) is 5.48. The number of carbonyl (C=O) groups excluding carboxylic acids is 1. The molecular weight excluding hydrogens is 352 g/mol. The van der Waals surface area contributed by atoms with Crippen molar-refractivity contribution in [3.63, 3.8) is 0 Å². The van der Waals surface area contributed by atoms with Crippen LogP contribution in [0.4, 0.5) is 5.69 Å². The lowest BCUT2D eigenvalue weighted by Crippen LogP contribution is -2.28. The fourth-order valence-corrected chi connectivity index (χ4v) is 2.16. The number of nitro groups is 1. The largest absolute Gasteiger partial charge is 0.484 e. The normalized spacial score (nSPS) is 10.0. The number of non-ortho nitro benzene ring substituents is 1. The molecule has 1 amide bonds. The Bertz CT molecular complexity index is 673. The highest BCUT2D eigenvalue weighted by Crippen LogP contribution is 2.17. The molecular formula is C15H13BrN2O4. The number of hydrogen-bond donors (Lipinski definition) is 1. The summed E-state index contributed by atoms with van der Waals surface area (Å²) in [5, 5.41) is 13.3. The first-order chi connectivity index (χ1) is 10.5. The summed E-state index contributed by atoms with van der Waals surface area (Å²) in [6.45, 7) is 0.258. The van der Waals surface area contributed by atoms with Gasteiger partial charge in [-0.3, -0.25) is 14.9 Å². The lowest BCUT2D eigenvalue weighted by molar-refractivity contribution is -0.384. The van der Waals surface area contributed by atoms with Crippen LogP contribution in [0.15, 0.2) is 53.0 Å². The number of nitrogens with zero attached hydrogens (tertiary/aromatic N) is 1. The Labute approximate surface area is 135 Å². The summed E-state index contributed by atoms with van der Waals surface area (Å²) in [5.74, 6) is 0.140. The van der Waals surface area contributed by atoms with E-state index in [4.69, 9.17) is 4.74 Å². The monoisotopic (exact) mass is 364 g/mol. The zero-order valence-electron chi connectivity index (χ0n) is 11.5. The van der Waals surface area contributed by atoms with Crippen molar-refractivity contribution in [2.75, 3.05) is 6.61 Å². The molecule has 0 atom stereocenters. The molecule has 0 aromatic heterocycles. The number of hydrogen-bond acceptors (Lipinski definition) is 4. The molecule has 2 aromatic carbocycles. The summed E-state index contributed by atoms with van der Waals surface area (Å²) < 4.78 is 6.22. The summed E-state index contributed by atoms with van der Waals surface area (Å²) in [5.41, 5.74) is 0.949. The van der Waals surface area contributed by atoms with E-state index in [0.717, 1.165) is 10.0 Å². The van der Waals surface area contributed by atoms with E-state index in [1.54, 1.807) is 0 Å². The molecule has 0 aliphatic carbocycles. The molecule has 0 fully saturated rings. The van der Waals surface area contributed by atoms with E-state index in [0.29, 0.717) is 12.3 Å². The molecule has 114 valence electrons. The fourth-order valence-electron chi connectivity index (χ4n) is 1.71. The van der Waals surface area contributed by atoms with Crippen LogP contribution in [-0.4, -0.2) is 17.4 Å². The van der Waals surface area contributed by atoms with Crippen LogP contribution in [0.25, 0.3) is 0 Å². The van der Waals surface area contributed by atoms with Gasteiger partial charge < -0.3 is 10.1 Å².